The summed E-state index contributed by atoms with van der Waals surface area (Å²) >= 11 is 0. The molecule has 0 aromatic carbocycles. The fraction of sp³-hybridized carbons (Fsp3) is 0.750. The lowest BCUT2D eigenvalue weighted by Gasteiger charge is -2.13. The van der Waals surface area contributed by atoms with Gasteiger partial charge in [0.2, 0.25) is 0 Å². The minimum Gasteiger partial charge on any atom is -0.247 e. The first-order valence-corrected chi connectivity index (χ1v) is 3.65. The Morgan fingerprint density at radius 3 is 3.00 bits per heavy atom. The number of alkyl halides is 1. The van der Waals surface area contributed by atoms with Gasteiger partial charge in [-0.1, -0.05) is 18.6 Å². The average Bonchev–Trinajstić information content (AvgIpc) is 1.90. The van der Waals surface area contributed by atoms with Crippen molar-refractivity contribution in [3.63, 3.8) is 0 Å². The Bertz CT molecular complexity index is 116. The van der Waals surface area contributed by atoms with Crippen LogP contribution in [0.3, 0.4) is 0 Å². The third-order valence-electron chi connectivity index (χ3n) is 1.90. The Balaban J connectivity index is 2.40. The van der Waals surface area contributed by atoms with E-state index in [2.05, 4.69) is 6.92 Å². The lowest BCUT2D eigenvalue weighted by molar-refractivity contribution is 0.306. The Labute approximate surface area is 55.8 Å². The molecule has 1 aliphatic carbocycles. The van der Waals surface area contributed by atoms with Crippen LogP contribution >= 0.6 is 0 Å². The van der Waals surface area contributed by atoms with E-state index in [0.717, 1.165) is 19.3 Å². The van der Waals surface area contributed by atoms with Crippen LogP contribution in [0.4, 0.5) is 4.39 Å². The standard InChI is InChI=1S/C8H13F/c1-2-7-3-5-8(9)6-4-7/h3,8H,2,4-6H2,1H3. The molecule has 0 saturated carbocycles. The van der Waals surface area contributed by atoms with Crippen LogP contribution in [-0.2, 0) is 0 Å². The van der Waals surface area contributed by atoms with Crippen LogP contribution in [0.2, 0.25) is 0 Å². The summed E-state index contributed by atoms with van der Waals surface area (Å²) in [5, 5.41) is 0. The number of hydrogen-bond acceptors (Lipinski definition) is 0. The van der Waals surface area contributed by atoms with E-state index in [0.29, 0.717) is 6.42 Å². The van der Waals surface area contributed by atoms with Crippen LogP contribution in [0.1, 0.15) is 32.6 Å². The van der Waals surface area contributed by atoms with Crippen molar-refractivity contribution in [3.8, 4) is 0 Å². The van der Waals surface area contributed by atoms with E-state index in [9.17, 15) is 4.39 Å². The molecule has 1 heteroatoms. The third-order valence-corrected chi connectivity index (χ3v) is 1.90. The Kier molecular flexibility index (Phi) is 2.26. The van der Waals surface area contributed by atoms with Gasteiger partial charge in [-0.05, 0) is 25.7 Å². The van der Waals surface area contributed by atoms with Crippen molar-refractivity contribution in [1.29, 1.82) is 0 Å². The molecular formula is C8H13F. The molecular weight excluding hydrogens is 115 g/mol. The average molecular weight is 128 g/mol. The van der Waals surface area contributed by atoms with E-state index in [-0.39, 0.29) is 0 Å². The zero-order valence-corrected chi connectivity index (χ0v) is 5.86. The van der Waals surface area contributed by atoms with Gasteiger partial charge in [0.25, 0.3) is 0 Å². The quantitative estimate of drug-likeness (QED) is 0.476. The Hall–Kier alpha value is -0.330. The first kappa shape index (κ1) is 6.79. The van der Waals surface area contributed by atoms with Gasteiger partial charge in [0.05, 0.1) is 0 Å². The fourth-order valence-electron chi connectivity index (χ4n) is 1.18. The molecule has 52 valence electrons. The van der Waals surface area contributed by atoms with Crippen LogP contribution in [-0.4, -0.2) is 6.17 Å². The molecule has 0 radical (unpaired) electrons. The van der Waals surface area contributed by atoms with E-state index in [1.165, 1.54) is 5.57 Å². The summed E-state index contributed by atoms with van der Waals surface area (Å²) in [5.41, 5.74) is 1.43. The van der Waals surface area contributed by atoms with Crippen molar-refractivity contribution in [3.05, 3.63) is 11.6 Å². The summed E-state index contributed by atoms with van der Waals surface area (Å²) < 4.78 is 12.4. The van der Waals surface area contributed by atoms with E-state index >= 15 is 0 Å². The highest BCUT2D eigenvalue weighted by atomic mass is 19.1. The minimum absolute atomic E-state index is 0.555. The molecule has 0 heterocycles. The molecule has 0 bridgehead atoms. The smallest absolute Gasteiger partial charge is 0.104 e. The molecule has 0 fully saturated rings. The molecule has 0 aliphatic heterocycles. The lowest BCUT2D eigenvalue weighted by Crippen LogP contribution is -2.04. The maximum atomic E-state index is 12.4. The first-order valence-electron chi connectivity index (χ1n) is 3.65. The SMILES string of the molecule is CCC1=CCC(F)CC1. The summed E-state index contributed by atoms with van der Waals surface area (Å²) in [6.07, 6.45) is 4.99. The van der Waals surface area contributed by atoms with E-state index in [1.807, 2.05) is 6.08 Å². The topological polar surface area (TPSA) is 0 Å². The van der Waals surface area contributed by atoms with Crippen LogP contribution in [0.25, 0.3) is 0 Å². The summed E-state index contributed by atoms with van der Waals surface area (Å²) in [4.78, 5) is 0. The molecule has 1 aliphatic rings. The first-order chi connectivity index (χ1) is 4.33. The normalized spacial score (nSPS) is 27.8. The maximum absolute atomic E-state index is 12.4. The van der Waals surface area contributed by atoms with Crippen molar-refractivity contribution in [2.24, 2.45) is 0 Å². The van der Waals surface area contributed by atoms with Crippen molar-refractivity contribution in [2.45, 2.75) is 38.8 Å². The van der Waals surface area contributed by atoms with Gasteiger partial charge < -0.3 is 0 Å². The van der Waals surface area contributed by atoms with Crippen molar-refractivity contribution >= 4 is 0 Å². The molecule has 0 spiro atoms. The van der Waals surface area contributed by atoms with Gasteiger partial charge in [-0.2, -0.15) is 0 Å². The highest BCUT2D eigenvalue weighted by Gasteiger charge is 2.10. The van der Waals surface area contributed by atoms with Crippen LogP contribution in [0, 0.1) is 0 Å². The summed E-state index contributed by atoms with van der Waals surface area (Å²) in [6.45, 7) is 2.13. The van der Waals surface area contributed by atoms with Crippen LogP contribution < -0.4 is 0 Å². The van der Waals surface area contributed by atoms with E-state index < -0.39 is 6.17 Å². The minimum atomic E-state index is -0.555. The molecule has 0 N–H and O–H groups in total. The molecule has 0 amide bonds. The second kappa shape index (κ2) is 3.00. The molecule has 1 rings (SSSR count). The molecule has 0 aromatic rings. The van der Waals surface area contributed by atoms with Gasteiger partial charge in [-0.15, -0.1) is 0 Å². The van der Waals surface area contributed by atoms with Crippen molar-refractivity contribution in [2.75, 3.05) is 0 Å². The van der Waals surface area contributed by atoms with Gasteiger partial charge in [0.1, 0.15) is 6.17 Å². The number of rotatable bonds is 1. The summed E-state index contributed by atoms with van der Waals surface area (Å²) in [6, 6.07) is 0. The maximum Gasteiger partial charge on any atom is 0.104 e. The van der Waals surface area contributed by atoms with E-state index in [1.54, 1.807) is 0 Å². The molecule has 1 atom stereocenters. The highest BCUT2D eigenvalue weighted by Crippen LogP contribution is 2.21. The van der Waals surface area contributed by atoms with Crippen molar-refractivity contribution < 1.29 is 4.39 Å². The van der Waals surface area contributed by atoms with E-state index in [4.69, 9.17) is 0 Å². The van der Waals surface area contributed by atoms with Crippen LogP contribution in [0.5, 0.6) is 0 Å². The molecule has 9 heavy (non-hydrogen) atoms. The van der Waals surface area contributed by atoms with Crippen molar-refractivity contribution in [1.82, 2.24) is 0 Å². The highest BCUT2D eigenvalue weighted by molar-refractivity contribution is 5.05. The van der Waals surface area contributed by atoms with Gasteiger partial charge in [0, 0.05) is 0 Å². The summed E-state index contributed by atoms with van der Waals surface area (Å²) in [7, 11) is 0. The molecule has 0 saturated heterocycles. The van der Waals surface area contributed by atoms with Gasteiger partial charge in [-0.25, -0.2) is 4.39 Å². The van der Waals surface area contributed by atoms with Gasteiger partial charge in [0.15, 0.2) is 0 Å². The number of halogens is 1. The van der Waals surface area contributed by atoms with Gasteiger partial charge in [-0.3, -0.25) is 0 Å². The lowest BCUT2D eigenvalue weighted by atomic mass is 9.97. The van der Waals surface area contributed by atoms with Crippen LogP contribution in [0.15, 0.2) is 11.6 Å². The molecule has 1 unspecified atom stereocenters. The van der Waals surface area contributed by atoms with Gasteiger partial charge >= 0.3 is 0 Å². The molecule has 0 nitrogen and oxygen atoms in total. The number of hydrogen-bond donors (Lipinski definition) is 0. The Morgan fingerprint density at radius 1 is 1.78 bits per heavy atom. The second-order valence-corrected chi connectivity index (χ2v) is 2.59. The second-order valence-electron chi connectivity index (χ2n) is 2.59. The fourth-order valence-corrected chi connectivity index (χ4v) is 1.18. The molecule has 0 aromatic heterocycles. The zero-order chi connectivity index (χ0) is 6.69. The zero-order valence-electron chi connectivity index (χ0n) is 5.86. The predicted octanol–water partition coefficient (Wildman–Crippen LogP) is 2.84. The summed E-state index contributed by atoms with van der Waals surface area (Å²) in [5.74, 6) is 0. The third kappa shape index (κ3) is 1.81. The monoisotopic (exact) mass is 128 g/mol. The Morgan fingerprint density at radius 2 is 2.56 bits per heavy atom. The predicted molar refractivity (Wildman–Crippen MR) is 37.1 cm³/mol. The largest absolute Gasteiger partial charge is 0.247 e. The number of allylic oxidation sites excluding steroid dienone is 2.